The van der Waals surface area contributed by atoms with Crippen molar-refractivity contribution >= 4 is 33.7 Å². The summed E-state index contributed by atoms with van der Waals surface area (Å²) in [4.78, 5) is 42.8. The highest BCUT2D eigenvalue weighted by molar-refractivity contribution is 9.10. The van der Waals surface area contributed by atoms with Crippen LogP contribution < -0.4 is 4.74 Å². The Balaban J connectivity index is 1.50. The number of amides is 2. The third-order valence-corrected chi connectivity index (χ3v) is 9.26. The first kappa shape index (κ1) is 28.6. The molecule has 10 nitrogen and oxygen atoms in total. The van der Waals surface area contributed by atoms with Crippen molar-refractivity contribution in [3.05, 3.63) is 39.6 Å². The highest BCUT2D eigenvalue weighted by atomic mass is 79.9. The van der Waals surface area contributed by atoms with Crippen molar-refractivity contribution in [2.45, 2.75) is 78.0 Å². The summed E-state index contributed by atoms with van der Waals surface area (Å²) in [5.74, 6) is -1.32. The molecule has 1 unspecified atom stereocenters. The van der Waals surface area contributed by atoms with Gasteiger partial charge in [-0.2, -0.15) is 0 Å². The van der Waals surface area contributed by atoms with Crippen molar-refractivity contribution in [1.82, 2.24) is 24.8 Å². The van der Waals surface area contributed by atoms with E-state index in [1.165, 1.54) is 0 Å². The first-order chi connectivity index (χ1) is 19.1. The van der Waals surface area contributed by atoms with Gasteiger partial charge in [-0.15, -0.1) is 5.10 Å². The lowest BCUT2D eigenvalue weighted by Gasteiger charge is -2.43. The maximum atomic E-state index is 14.1. The number of carbonyl (C=O) groups excluding carboxylic acids is 2. The van der Waals surface area contributed by atoms with Crippen LogP contribution in [0.15, 0.2) is 22.8 Å². The third-order valence-electron chi connectivity index (χ3n) is 8.52. The maximum Gasteiger partial charge on any atom is 0.307 e. The van der Waals surface area contributed by atoms with Gasteiger partial charge in [-0.05, 0) is 56.7 Å². The largest absolute Gasteiger partial charge is 0.487 e. The number of aromatic nitrogens is 3. The number of nitrogens with zero attached hydrogens (tertiary/aromatic N) is 5. The lowest BCUT2D eigenvalue weighted by Crippen LogP contribution is -2.50. The number of carboxylic acid groups (broad SMARTS) is 1. The Morgan fingerprint density at radius 2 is 1.95 bits per heavy atom. The fraction of sp³-hybridized carbons (Fsp3) is 0.621. The van der Waals surface area contributed by atoms with Gasteiger partial charge in [0.05, 0.1) is 24.1 Å². The summed E-state index contributed by atoms with van der Waals surface area (Å²) >= 11 is 3.71. The van der Waals surface area contributed by atoms with E-state index in [-0.39, 0.29) is 30.4 Å². The third kappa shape index (κ3) is 5.75. The summed E-state index contributed by atoms with van der Waals surface area (Å²) in [5, 5.41) is 18.3. The lowest BCUT2D eigenvalue weighted by molar-refractivity contribution is -0.154. The van der Waals surface area contributed by atoms with E-state index >= 15 is 0 Å². The molecule has 2 aromatic rings. The van der Waals surface area contributed by atoms with Crippen molar-refractivity contribution in [2.75, 3.05) is 19.6 Å². The molecule has 1 aromatic carbocycles. The number of fused-ring (bicyclic) bond motifs is 1. The molecule has 0 bridgehead atoms. The minimum absolute atomic E-state index is 0.0795. The molecule has 5 rings (SSSR count). The minimum Gasteiger partial charge on any atom is -0.487 e. The number of aliphatic carboxylic acids is 1. The molecule has 1 saturated heterocycles. The zero-order valence-corrected chi connectivity index (χ0v) is 25.0. The summed E-state index contributed by atoms with van der Waals surface area (Å²) in [7, 11) is 0. The van der Waals surface area contributed by atoms with Crippen LogP contribution in [-0.4, -0.2) is 67.3 Å². The predicted molar refractivity (Wildman–Crippen MR) is 150 cm³/mol. The molecule has 1 N–H and O–H groups in total. The minimum atomic E-state index is -0.906. The van der Waals surface area contributed by atoms with Crippen LogP contribution in [0.5, 0.6) is 5.75 Å². The van der Waals surface area contributed by atoms with Crippen molar-refractivity contribution in [1.29, 1.82) is 0 Å². The van der Waals surface area contributed by atoms with Gasteiger partial charge >= 0.3 is 5.97 Å². The van der Waals surface area contributed by atoms with Gasteiger partial charge in [0, 0.05) is 42.1 Å². The molecule has 2 aliphatic heterocycles. The van der Waals surface area contributed by atoms with E-state index in [9.17, 15) is 19.5 Å². The van der Waals surface area contributed by atoms with E-state index in [1.54, 1.807) is 4.68 Å². The van der Waals surface area contributed by atoms with Gasteiger partial charge in [0.25, 0.3) is 0 Å². The van der Waals surface area contributed by atoms with Crippen molar-refractivity contribution in [2.24, 2.45) is 17.8 Å². The fourth-order valence-electron chi connectivity index (χ4n) is 6.43. The molecule has 4 atom stereocenters. The summed E-state index contributed by atoms with van der Waals surface area (Å²) in [6.07, 6.45) is 5.70. The van der Waals surface area contributed by atoms with Crippen molar-refractivity contribution in [3.8, 4) is 5.75 Å². The van der Waals surface area contributed by atoms with Gasteiger partial charge in [-0.3, -0.25) is 14.4 Å². The molecule has 2 fully saturated rings. The van der Waals surface area contributed by atoms with Gasteiger partial charge in [-0.1, -0.05) is 40.9 Å². The van der Waals surface area contributed by atoms with Crippen LogP contribution in [0.1, 0.15) is 81.8 Å². The van der Waals surface area contributed by atoms with Gasteiger partial charge in [0.2, 0.25) is 11.8 Å². The number of benzene rings is 1. The van der Waals surface area contributed by atoms with E-state index in [2.05, 4.69) is 33.2 Å². The average molecular weight is 617 g/mol. The van der Waals surface area contributed by atoms with Crippen molar-refractivity contribution in [3.63, 3.8) is 0 Å². The summed E-state index contributed by atoms with van der Waals surface area (Å²) in [5.41, 5.74) is 2.62. The number of likely N-dealkylation sites (tertiary alicyclic amines) is 1. The molecular formula is C29H38BrN5O5. The van der Waals surface area contributed by atoms with Crippen LogP contribution in [-0.2, 0) is 27.4 Å². The molecule has 0 spiro atoms. The SMILES string of the molecule is CC(C)n1cc(COc2ccc(Br)c3c2[C@@H](CN2C[C@@H](C)CC2=O)N(C(=O)C2CCCC[C@H]2C(=O)O)CC3)nn1. The zero-order chi connectivity index (χ0) is 28.6. The van der Waals surface area contributed by atoms with E-state index < -0.39 is 23.8 Å². The molecule has 216 valence electrons. The van der Waals surface area contributed by atoms with Gasteiger partial charge in [0.15, 0.2) is 0 Å². The molecular weight excluding hydrogens is 578 g/mol. The Bertz CT molecular complexity index is 1280. The smallest absolute Gasteiger partial charge is 0.307 e. The summed E-state index contributed by atoms with van der Waals surface area (Å²) in [6, 6.07) is 3.59. The Labute approximate surface area is 243 Å². The van der Waals surface area contributed by atoms with Crippen LogP contribution in [0, 0.1) is 17.8 Å². The Kier molecular flexibility index (Phi) is 8.49. The second kappa shape index (κ2) is 11.9. The first-order valence-electron chi connectivity index (χ1n) is 14.3. The number of ether oxygens (including phenoxy) is 1. The maximum absolute atomic E-state index is 14.1. The van der Waals surface area contributed by atoms with Crippen LogP contribution in [0.3, 0.4) is 0 Å². The quantitative estimate of drug-likeness (QED) is 0.468. The standard InChI is InChI=1S/C29H38BrN5O5/c1-17(2)35-14-19(31-32-35)16-40-25-9-8-23(30)22-10-11-34(28(37)20-6-4-5-7-21(20)29(38)39)24(27(22)25)15-33-13-18(3)12-26(33)36/h8-9,14,17-18,20-21,24H,4-7,10-13,15-16H2,1-3H3,(H,38,39)/t18-,20?,21+,24+/m0/s1. The Morgan fingerprint density at radius 3 is 2.60 bits per heavy atom. The molecule has 11 heteroatoms. The number of hydrogen-bond donors (Lipinski definition) is 1. The summed E-state index contributed by atoms with van der Waals surface area (Å²) in [6.45, 7) is 7.78. The normalized spacial score (nSPS) is 24.9. The highest BCUT2D eigenvalue weighted by Crippen LogP contribution is 2.43. The first-order valence-corrected chi connectivity index (χ1v) is 15.1. The average Bonchev–Trinajstić information content (AvgIpc) is 3.53. The Hall–Kier alpha value is -2.95. The second-order valence-corrected chi connectivity index (χ2v) is 12.6. The van der Waals surface area contributed by atoms with Crippen LogP contribution in [0.2, 0.25) is 0 Å². The van der Waals surface area contributed by atoms with Gasteiger partial charge in [-0.25, -0.2) is 4.68 Å². The number of carboxylic acids is 1. The van der Waals surface area contributed by atoms with Crippen LogP contribution >= 0.6 is 15.9 Å². The summed E-state index contributed by atoms with van der Waals surface area (Å²) < 4.78 is 9.05. The molecule has 2 amide bonds. The molecule has 0 radical (unpaired) electrons. The van der Waals surface area contributed by atoms with Gasteiger partial charge < -0.3 is 19.6 Å². The van der Waals surface area contributed by atoms with Crippen LogP contribution in [0.25, 0.3) is 0 Å². The highest BCUT2D eigenvalue weighted by Gasteiger charge is 2.43. The number of hydrogen-bond acceptors (Lipinski definition) is 6. The fourth-order valence-corrected chi connectivity index (χ4v) is 6.98. The zero-order valence-electron chi connectivity index (χ0n) is 23.4. The van der Waals surface area contributed by atoms with E-state index in [0.717, 1.165) is 28.4 Å². The van der Waals surface area contributed by atoms with E-state index in [1.807, 2.05) is 42.0 Å². The van der Waals surface area contributed by atoms with E-state index in [0.29, 0.717) is 56.8 Å². The second-order valence-electron chi connectivity index (χ2n) is 11.8. The lowest BCUT2D eigenvalue weighted by atomic mass is 9.77. The molecule has 3 aliphatic rings. The molecule has 1 aromatic heterocycles. The molecule has 3 heterocycles. The Morgan fingerprint density at radius 1 is 1.20 bits per heavy atom. The molecule has 40 heavy (non-hydrogen) atoms. The van der Waals surface area contributed by atoms with Crippen LogP contribution in [0.4, 0.5) is 0 Å². The number of carbonyl (C=O) groups is 3. The van der Waals surface area contributed by atoms with Gasteiger partial charge in [0.1, 0.15) is 18.1 Å². The molecule has 1 saturated carbocycles. The predicted octanol–water partition coefficient (Wildman–Crippen LogP) is 4.39. The van der Waals surface area contributed by atoms with Crippen molar-refractivity contribution < 1.29 is 24.2 Å². The van der Waals surface area contributed by atoms with E-state index in [4.69, 9.17) is 4.74 Å². The number of rotatable bonds is 8. The monoisotopic (exact) mass is 615 g/mol. The topological polar surface area (TPSA) is 118 Å². The molecule has 1 aliphatic carbocycles. The number of halogens is 1.